The van der Waals surface area contributed by atoms with Gasteiger partial charge in [0.1, 0.15) is 11.6 Å². The summed E-state index contributed by atoms with van der Waals surface area (Å²) >= 11 is 0. The van der Waals surface area contributed by atoms with Gasteiger partial charge in [-0.15, -0.1) is 0 Å². The van der Waals surface area contributed by atoms with Gasteiger partial charge in [0.15, 0.2) is 0 Å². The third-order valence-electron chi connectivity index (χ3n) is 2.87. The number of fused-ring (bicyclic) bond motifs is 1. The molecule has 0 aliphatic heterocycles. The van der Waals surface area contributed by atoms with Gasteiger partial charge in [-0.3, -0.25) is 0 Å². The van der Waals surface area contributed by atoms with E-state index in [9.17, 15) is 8.78 Å². The van der Waals surface area contributed by atoms with Crippen LogP contribution < -0.4 is 0 Å². The Labute approximate surface area is 98.2 Å². The van der Waals surface area contributed by atoms with Crippen molar-refractivity contribution in [3.05, 3.63) is 83.3 Å². The van der Waals surface area contributed by atoms with Gasteiger partial charge in [-0.1, -0.05) is 36.4 Å². The van der Waals surface area contributed by atoms with Crippen molar-refractivity contribution in [2.75, 3.05) is 0 Å². The summed E-state index contributed by atoms with van der Waals surface area (Å²) in [7, 11) is 0. The first-order chi connectivity index (χ1) is 8.25. The lowest BCUT2D eigenvalue weighted by Crippen LogP contribution is -1.93. The van der Waals surface area contributed by atoms with Crippen molar-refractivity contribution < 1.29 is 8.78 Å². The molecule has 2 aromatic rings. The normalized spacial score (nSPS) is 13.4. The maximum absolute atomic E-state index is 13.8. The Hall–Kier alpha value is -1.96. The van der Waals surface area contributed by atoms with E-state index in [0.29, 0.717) is 11.1 Å². The van der Waals surface area contributed by atoms with Crippen LogP contribution in [0.5, 0.6) is 0 Å². The smallest absolute Gasteiger partial charge is 0.134 e. The van der Waals surface area contributed by atoms with Crippen LogP contribution in [-0.2, 0) is 0 Å². The minimum atomic E-state index is -0.541. The quantitative estimate of drug-likeness (QED) is 0.691. The second-order valence-corrected chi connectivity index (χ2v) is 3.96. The molecule has 1 radical (unpaired) electrons. The predicted molar refractivity (Wildman–Crippen MR) is 63.3 cm³/mol. The van der Waals surface area contributed by atoms with Gasteiger partial charge >= 0.3 is 0 Å². The molecule has 1 aliphatic rings. The summed E-state index contributed by atoms with van der Waals surface area (Å²) in [6.45, 7) is 0. The summed E-state index contributed by atoms with van der Waals surface area (Å²) in [5.41, 5.74) is 2.82. The summed E-state index contributed by atoms with van der Waals surface area (Å²) in [5.74, 6) is -1.05. The minimum absolute atomic E-state index is 0.484. The molecule has 0 spiro atoms. The molecule has 0 nitrogen and oxygen atoms in total. The molecule has 0 saturated carbocycles. The van der Waals surface area contributed by atoms with Crippen molar-refractivity contribution in [2.45, 2.75) is 0 Å². The fraction of sp³-hybridized carbons (Fsp3) is 0. The van der Waals surface area contributed by atoms with Crippen molar-refractivity contribution >= 4 is 5.57 Å². The molecule has 2 aromatic carbocycles. The molecule has 0 fully saturated rings. The zero-order valence-electron chi connectivity index (χ0n) is 8.95. The Morgan fingerprint density at radius 2 is 1.65 bits per heavy atom. The fourth-order valence-corrected chi connectivity index (χ4v) is 2.12. The van der Waals surface area contributed by atoms with Gasteiger partial charge in [-0.25, -0.2) is 8.78 Å². The van der Waals surface area contributed by atoms with Crippen LogP contribution in [0.2, 0.25) is 0 Å². The third-order valence-corrected chi connectivity index (χ3v) is 2.87. The van der Waals surface area contributed by atoms with Crippen LogP contribution in [-0.4, -0.2) is 0 Å². The van der Waals surface area contributed by atoms with Crippen LogP contribution in [0, 0.1) is 18.1 Å². The number of hydrogen-bond donors (Lipinski definition) is 0. The van der Waals surface area contributed by atoms with Crippen molar-refractivity contribution in [1.29, 1.82) is 0 Å². The summed E-state index contributed by atoms with van der Waals surface area (Å²) in [6.07, 6.45) is 3.56. The molecule has 1 aliphatic carbocycles. The lowest BCUT2D eigenvalue weighted by molar-refractivity contribution is 0.580. The number of hydrogen-bond acceptors (Lipinski definition) is 0. The zero-order valence-corrected chi connectivity index (χ0v) is 8.95. The molecule has 3 rings (SSSR count). The second kappa shape index (κ2) is 3.81. The van der Waals surface area contributed by atoms with E-state index in [2.05, 4.69) is 0 Å². The first kappa shape index (κ1) is 10.2. The van der Waals surface area contributed by atoms with Crippen LogP contribution in [0.15, 0.2) is 48.5 Å². The van der Waals surface area contributed by atoms with E-state index < -0.39 is 11.6 Å². The molecule has 83 valence electrons. The van der Waals surface area contributed by atoms with Crippen molar-refractivity contribution in [3.63, 3.8) is 0 Å². The van der Waals surface area contributed by atoms with Gasteiger partial charge in [0.05, 0.1) is 0 Å². The number of rotatable bonds is 1. The Bertz CT molecular complexity index is 598. The zero-order chi connectivity index (χ0) is 11.8. The molecule has 0 N–H and O–H groups in total. The first-order valence-corrected chi connectivity index (χ1v) is 5.35. The average molecular weight is 227 g/mol. The van der Waals surface area contributed by atoms with E-state index in [4.69, 9.17) is 0 Å². The van der Waals surface area contributed by atoms with Gasteiger partial charge < -0.3 is 0 Å². The van der Waals surface area contributed by atoms with Crippen molar-refractivity contribution in [1.82, 2.24) is 0 Å². The van der Waals surface area contributed by atoms with E-state index in [1.54, 1.807) is 6.42 Å². The van der Waals surface area contributed by atoms with Crippen LogP contribution in [0.3, 0.4) is 0 Å². The molecule has 2 heteroatoms. The van der Waals surface area contributed by atoms with Crippen LogP contribution >= 0.6 is 0 Å². The van der Waals surface area contributed by atoms with Gasteiger partial charge in [0, 0.05) is 18.1 Å². The Balaban J connectivity index is 2.16. The maximum atomic E-state index is 13.8. The van der Waals surface area contributed by atoms with E-state index in [-0.39, 0.29) is 0 Å². The Morgan fingerprint density at radius 3 is 2.41 bits per heavy atom. The molecular formula is C15H9F2. The molecule has 0 unspecified atom stereocenters. The highest BCUT2D eigenvalue weighted by molar-refractivity contribution is 5.87. The lowest BCUT2D eigenvalue weighted by atomic mass is 9.99. The van der Waals surface area contributed by atoms with E-state index >= 15 is 0 Å². The van der Waals surface area contributed by atoms with E-state index in [1.165, 1.54) is 6.07 Å². The van der Waals surface area contributed by atoms with Crippen molar-refractivity contribution in [2.24, 2.45) is 0 Å². The van der Waals surface area contributed by atoms with Crippen molar-refractivity contribution in [3.8, 4) is 0 Å². The van der Waals surface area contributed by atoms with Crippen LogP contribution in [0.25, 0.3) is 5.57 Å². The third kappa shape index (κ3) is 1.66. The van der Waals surface area contributed by atoms with E-state index in [1.807, 2.05) is 36.4 Å². The fourth-order valence-electron chi connectivity index (χ4n) is 2.12. The molecule has 0 atom stereocenters. The highest BCUT2D eigenvalue weighted by Gasteiger charge is 2.20. The SMILES string of the molecule is Fc1cc(F)c2c(c1)[CH]C=C2c1ccccc1. The summed E-state index contributed by atoms with van der Waals surface area (Å²) in [6, 6.07) is 11.8. The van der Waals surface area contributed by atoms with Gasteiger partial charge in [0.2, 0.25) is 0 Å². The number of halogens is 2. The molecule has 0 aromatic heterocycles. The highest BCUT2D eigenvalue weighted by Crippen LogP contribution is 2.35. The second-order valence-electron chi connectivity index (χ2n) is 3.96. The lowest BCUT2D eigenvalue weighted by Gasteiger charge is -2.07. The molecule has 17 heavy (non-hydrogen) atoms. The maximum Gasteiger partial charge on any atom is 0.134 e. The summed E-state index contributed by atoms with van der Waals surface area (Å²) < 4.78 is 26.9. The first-order valence-electron chi connectivity index (χ1n) is 5.35. The van der Waals surface area contributed by atoms with Crippen LogP contribution in [0.1, 0.15) is 16.7 Å². The summed E-state index contributed by atoms with van der Waals surface area (Å²) in [5, 5.41) is 0. The van der Waals surface area contributed by atoms with Gasteiger partial charge in [0.25, 0.3) is 0 Å². The topological polar surface area (TPSA) is 0 Å². The largest absolute Gasteiger partial charge is 0.207 e. The van der Waals surface area contributed by atoms with Gasteiger partial charge in [-0.2, -0.15) is 0 Å². The Kier molecular flexibility index (Phi) is 2.29. The molecule has 0 amide bonds. The number of benzene rings is 2. The molecule has 0 saturated heterocycles. The summed E-state index contributed by atoms with van der Waals surface area (Å²) in [4.78, 5) is 0. The Morgan fingerprint density at radius 1 is 0.882 bits per heavy atom. The number of allylic oxidation sites excluding steroid dienone is 1. The monoisotopic (exact) mass is 227 g/mol. The average Bonchev–Trinajstić information content (AvgIpc) is 2.74. The molecule has 0 bridgehead atoms. The predicted octanol–water partition coefficient (Wildman–Crippen LogP) is 3.96. The molecule has 0 heterocycles. The minimum Gasteiger partial charge on any atom is -0.207 e. The van der Waals surface area contributed by atoms with Crippen LogP contribution in [0.4, 0.5) is 8.78 Å². The molecular weight excluding hydrogens is 218 g/mol. The van der Waals surface area contributed by atoms with E-state index in [0.717, 1.165) is 17.2 Å². The van der Waals surface area contributed by atoms with Gasteiger partial charge in [-0.05, 0) is 22.8 Å². The standard InChI is InChI=1S/C15H9F2/c16-12-8-11-6-7-13(15(11)14(17)9-12)10-4-2-1-3-5-10/h1-9H. The highest BCUT2D eigenvalue weighted by atomic mass is 19.1.